The topological polar surface area (TPSA) is 37.0 Å². The van der Waals surface area contributed by atoms with Crippen LogP contribution in [0.4, 0.5) is 11.4 Å². The van der Waals surface area contributed by atoms with Crippen molar-refractivity contribution >= 4 is 45.6 Å². The third kappa shape index (κ3) is 3.80. The SMILES string of the molecule is CC(Nc1ccccc1NCc1cnc(Cl)s1)c1cccs1. The first kappa shape index (κ1) is 15.3. The molecule has 1 atom stereocenters. The van der Waals surface area contributed by atoms with Crippen molar-refractivity contribution in [3.63, 3.8) is 0 Å². The van der Waals surface area contributed by atoms with E-state index in [1.165, 1.54) is 16.2 Å². The summed E-state index contributed by atoms with van der Waals surface area (Å²) in [6.07, 6.45) is 1.81. The molecular weight excluding hydrogens is 334 g/mol. The molecule has 0 bridgehead atoms. The lowest BCUT2D eigenvalue weighted by Crippen LogP contribution is -2.08. The fourth-order valence-corrected chi connectivity index (χ4v) is 3.80. The summed E-state index contributed by atoms with van der Waals surface area (Å²) in [5.41, 5.74) is 2.18. The molecule has 1 unspecified atom stereocenters. The second kappa shape index (κ2) is 7.13. The summed E-state index contributed by atoms with van der Waals surface area (Å²) in [6, 6.07) is 12.7. The van der Waals surface area contributed by atoms with Crippen molar-refractivity contribution in [3.8, 4) is 0 Å². The summed E-state index contributed by atoms with van der Waals surface area (Å²) in [4.78, 5) is 6.50. The Kier molecular flexibility index (Phi) is 4.97. The largest absolute Gasteiger partial charge is 0.378 e. The van der Waals surface area contributed by atoms with Crippen LogP contribution in [0.25, 0.3) is 0 Å². The standard InChI is InChI=1S/C16H16ClN3S2/c1-11(15-7-4-8-21-15)20-14-6-3-2-5-13(14)18-9-12-10-19-16(17)22-12/h2-8,10-11,18,20H,9H2,1H3. The molecule has 3 nitrogen and oxygen atoms in total. The number of hydrogen-bond donors (Lipinski definition) is 2. The Morgan fingerprint density at radius 2 is 2.00 bits per heavy atom. The Labute approximate surface area is 143 Å². The zero-order valence-electron chi connectivity index (χ0n) is 12.0. The summed E-state index contributed by atoms with van der Waals surface area (Å²) in [5.74, 6) is 0. The minimum atomic E-state index is 0.279. The Morgan fingerprint density at radius 1 is 1.18 bits per heavy atom. The smallest absolute Gasteiger partial charge is 0.183 e. The second-order valence-corrected chi connectivity index (χ2v) is 7.54. The number of aromatic nitrogens is 1. The average Bonchev–Trinajstić information content (AvgIpc) is 3.18. The van der Waals surface area contributed by atoms with Crippen molar-refractivity contribution in [2.45, 2.75) is 19.5 Å². The van der Waals surface area contributed by atoms with Gasteiger partial charge in [-0.05, 0) is 30.5 Å². The second-order valence-electron chi connectivity index (χ2n) is 4.86. The number of thiophene rings is 1. The van der Waals surface area contributed by atoms with Crippen LogP contribution in [0.5, 0.6) is 0 Å². The normalized spacial score (nSPS) is 12.1. The Balaban J connectivity index is 1.69. The number of rotatable bonds is 6. The lowest BCUT2D eigenvalue weighted by Gasteiger charge is -2.17. The van der Waals surface area contributed by atoms with Gasteiger partial charge in [-0.25, -0.2) is 4.98 Å². The van der Waals surface area contributed by atoms with Gasteiger partial charge in [0.1, 0.15) is 0 Å². The van der Waals surface area contributed by atoms with Gasteiger partial charge in [-0.3, -0.25) is 0 Å². The van der Waals surface area contributed by atoms with Crippen LogP contribution in [0.15, 0.2) is 48.0 Å². The molecule has 2 aromatic heterocycles. The van der Waals surface area contributed by atoms with Gasteiger partial charge in [-0.2, -0.15) is 0 Å². The number of nitrogens with zero attached hydrogens (tertiary/aromatic N) is 1. The van der Waals surface area contributed by atoms with Crippen LogP contribution >= 0.6 is 34.3 Å². The van der Waals surface area contributed by atoms with Gasteiger partial charge < -0.3 is 10.6 Å². The van der Waals surface area contributed by atoms with Crippen molar-refractivity contribution in [2.75, 3.05) is 10.6 Å². The molecule has 0 spiro atoms. The highest BCUT2D eigenvalue weighted by Crippen LogP contribution is 2.28. The summed E-state index contributed by atoms with van der Waals surface area (Å²) in [7, 11) is 0. The molecule has 3 rings (SSSR count). The molecule has 1 aromatic carbocycles. The maximum Gasteiger partial charge on any atom is 0.183 e. The van der Waals surface area contributed by atoms with Crippen molar-refractivity contribution in [1.29, 1.82) is 0 Å². The van der Waals surface area contributed by atoms with Crippen LogP contribution in [0.3, 0.4) is 0 Å². The molecule has 0 aliphatic carbocycles. The van der Waals surface area contributed by atoms with Crippen molar-refractivity contribution < 1.29 is 0 Å². The zero-order valence-corrected chi connectivity index (χ0v) is 14.4. The number of thiazole rings is 1. The molecule has 6 heteroatoms. The van der Waals surface area contributed by atoms with E-state index in [9.17, 15) is 0 Å². The zero-order chi connectivity index (χ0) is 15.4. The molecule has 0 saturated heterocycles. The molecular formula is C16H16ClN3S2. The molecule has 2 N–H and O–H groups in total. The fraction of sp³-hybridized carbons (Fsp3) is 0.188. The summed E-state index contributed by atoms with van der Waals surface area (Å²) in [5, 5.41) is 9.11. The molecule has 0 radical (unpaired) electrons. The van der Waals surface area contributed by atoms with E-state index >= 15 is 0 Å². The first-order valence-electron chi connectivity index (χ1n) is 6.95. The predicted octanol–water partition coefficient (Wildman–Crippen LogP) is 5.64. The van der Waals surface area contributed by atoms with Gasteiger partial charge in [0.2, 0.25) is 0 Å². The number of halogens is 1. The van der Waals surface area contributed by atoms with Crippen LogP contribution < -0.4 is 10.6 Å². The number of benzene rings is 1. The highest BCUT2D eigenvalue weighted by molar-refractivity contribution is 7.15. The summed E-state index contributed by atoms with van der Waals surface area (Å²) in [6.45, 7) is 2.89. The van der Waals surface area contributed by atoms with Crippen LogP contribution in [-0.4, -0.2) is 4.98 Å². The van der Waals surface area contributed by atoms with E-state index in [4.69, 9.17) is 11.6 Å². The number of para-hydroxylation sites is 2. The van der Waals surface area contributed by atoms with E-state index in [0.29, 0.717) is 4.47 Å². The van der Waals surface area contributed by atoms with Crippen LogP contribution in [0.2, 0.25) is 4.47 Å². The first-order valence-corrected chi connectivity index (χ1v) is 9.03. The Morgan fingerprint density at radius 3 is 2.68 bits per heavy atom. The molecule has 0 aliphatic rings. The van der Waals surface area contributed by atoms with Gasteiger partial charge >= 0.3 is 0 Å². The minimum absolute atomic E-state index is 0.279. The lowest BCUT2D eigenvalue weighted by atomic mass is 10.2. The number of nitrogens with one attached hydrogen (secondary N) is 2. The molecule has 114 valence electrons. The quantitative estimate of drug-likeness (QED) is 0.604. The van der Waals surface area contributed by atoms with E-state index < -0.39 is 0 Å². The maximum atomic E-state index is 5.87. The van der Waals surface area contributed by atoms with Crippen molar-refractivity contribution in [3.05, 3.63) is 62.2 Å². The van der Waals surface area contributed by atoms with Gasteiger partial charge in [0.05, 0.1) is 24.0 Å². The minimum Gasteiger partial charge on any atom is -0.378 e. The van der Waals surface area contributed by atoms with Gasteiger partial charge in [0, 0.05) is 16.0 Å². The Bertz CT molecular complexity index is 725. The van der Waals surface area contributed by atoms with Crippen molar-refractivity contribution in [2.24, 2.45) is 0 Å². The van der Waals surface area contributed by atoms with Gasteiger partial charge in [0.25, 0.3) is 0 Å². The first-order chi connectivity index (χ1) is 10.7. The van der Waals surface area contributed by atoms with E-state index in [2.05, 4.69) is 52.2 Å². The van der Waals surface area contributed by atoms with Gasteiger partial charge in [0.15, 0.2) is 4.47 Å². The molecule has 0 fully saturated rings. The van der Waals surface area contributed by atoms with Crippen LogP contribution in [-0.2, 0) is 6.54 Å². The highest BCUT2D eigenvalue weighted by atomic mass is 35.5. The Hall–Kier alpha value is -1.56. The monoisotopic (exact) mass is 349 g/mol. The average molecular weight is 350 g/mol. The van der Waals surface area contributed by atoms with Crippen LogP contribution in [0.1, 0.15) is 22.7 Å². The molecule has 22 heavy (non-hydrogen) atoms. The molecule has 2 heterocycles. The molecule has 3 aromatic rings. The molecule has 0 amide bonds. The van der Waals surface area contributed by atoms with Gasteiger partial charge in [-0.15, -0.1) is 22.7 Å². The molecule has 0 aliphatic heterocycles. The highest BCUT2D eigenvalue weighted by Gasteiger charge is 2.09. The van der Waals surface area contributed by atoms with E-state index in [1.807, 2.05) is 18.3 Å². The van der Waals surface area contributed by atoms with E-state index in [0.717, 1.165) is 22.8 Å². The van der Waals surface area contributed by atoms with Crippen molar-refractivity contribution in [1.82, 2.24) is 4.98 Å². The summed E-state index contributed by atoms with van der Waals surface area (Å²) < 4.78 is 0.578. The summed E-state index contributed by atoms with van der Waals surface area (Å²) >= 11 is 9.13. The van der Waals surface area contributed by atoms with E-state index in [-0.39, 0.29) is 6.04 Å². The fourth-order valence-electron chi connectivity index (χ4n) is 2.15. The van der Waals surface area contributed by atoms with E-state index in [1.54, 1.807) is 11.3 Å². The number of hydrogen-bond acceptors (Lipinski definition) is 5. The third-order valence-corrected chi connectivity index (χ3v) is 5.42. The third-order valence-electron chi connectivity index (χ3n) is 3.25. The van der Waals surface area contributed by atoms with Gasteiger partial charge in [-0.1, -0.05) is 29.8 Å². The molecule has 0 saturated carbocycles. The number of anilines is 2. The maximum absolute atomic E-state index is 5.87. The van der Waals surface area contributed by atoms with Crippen LogP contribution in [0, 0.1) is 0 Å². The lowest BCUT2D eigenvalue weighted by molar-refractivity contribution is 0.908. The predicted molar refractivity (Wildman–Crippen MR) is 97.2 cm³/mol.